The number of aliphatic carboxylic acids is 1. The standard InChI is InChI=1S/C25H21ClN2O5/c26-14-8-6-13(7-9-14)21-20-15-11-16(22(20)33-27-21)19-18(15)23(29)28(24(19)30)17(25(31)32)10-12-4-2-1-3-5-12/h1-9,15-20,22H,10-11H2,(H,31,32)/t15-,16+,17?,18-,19+,20-,22-/m1/s1. The molecule has 2 aromatic rings. The number of carboxylic acid groups (broad SMARTS) is 1. The summed E-state index contributed by atoms with van der Waals surface area (Å²) in [5.41, 5.74) is 2.43. The summed E-state index contributed by atoms with van der Waals surface area (Å²) in [4.78, 5) is 45.9. The summed E-state index contributed by atoms with van der Waals surface area (Å²) in [6, 6.07) is 15.2. The molecule has 1 N–H and O–H groups in total. The molecule has 0 spiro atoms. The Morgan fingerprint density at radius 3 is 2.36 bits per heavy atom. The van der Waals surface area contributed by atoms with E-state index in [9.17, 15) is 19.5 Å². The molecule has 2 heterocycles. The van der Waals surface area contributed by atoms with Crippen LogP contribution in [0.2, 0.25) is 5.02 Å². The quantitative estimate of drug-likeness (QED) is 0.686. The third kappa shape index (κ3) is 2.95. The third-order valence-electron chi connectivity index (χ3n) is 7.73. The van der Waals surface area contributed by atoms with Crippen molar-refractivity contribution in [3.63, 3.8) is 0 Å². The molecular weight excluding hydrogens is 444 g/mol. The highest BCUT2D eigenvalue weighted by molar-refractivity contribution is 6.30. The first-order valence-corrected chi connectivity index (χ1v) is 11.5. The molecule has 6 rings (SSSR count). The Hall–Kier alpha value is -3.19. The van der Waals surface area contributed by atoms with Crippen LogP contribution < -0.4 is 0 Å². The Kier molecular flexibility index (Phi) is 4.59. The summed E-state index contributed by atoms with van der Waals surface area (Å²) < 4.78 is 0. The van der Waals surface area contributed by atoms with Gasteiger partial charge in [-0.25, -0.2) is 4.79 Å². The molecule has 2 aliphatic carbocycles. The average molecular weight is 465 g/mol. The second-order valence-corrected chi connectivity index (χ2v) is 9.72. The molecule has 33 heavy (non-hydrogen) atoms. The molecule has 2 aromatic carbocycles. The van der Waals surface area contributed by atoms with Gasteiger partial charge in [0.1, 0.15) is 12.1 Å². The summed E-state index contributed by atoms with van der Waals surface area (Å²) in [6.45, 7) is 0. The number of nitrogens with zero attached hydrogens (tertiary/aromatic N) is 2. The Bertz CT molecular complexity index is 1180. The fourth-order valence-electron chi connectivity index (χ4n) is 6.44. The first-order chi connectivity index (χ1) is 16.0. The lowest BCUT2D eigenvalue weighted by Crippen LogP contribution is -2.47. The number of rotatable bonds is 5. The topological polar surface area (TPSA) is 96.3 Å². The van der Waals surface area contributed by atoms with Gasteiger partial charge in [-0.2, -0.15) is 0 Å². The lowest BCUT2D eigenvalue weighted by Gasteiger charge is -2.29. The number of fused-ring (bicyclic) bond motifs is 8. The van der Waals surface area contributed by atoms with Crippen molar-refractivity contribution >= 4 is 35.1 Å². The number of hydrogen-bond donors (Lipinski definition) is 1. The first kappa shape index (κ1) is 20.4. The van der Waals surface area contributed by atoms with Crippen molar-refractivity contribution in [1.29, 1.82) is 0 Å². The van der Waals surface area contributed by atoms with Gasteiger partial charge >= 0.3 is 5.97 Å². The lowest BCUT2D eigenvalue weighted by molar-refractivity contribution is -0.155. The van der Waals surface area contributed by atoms with Crippen molar-refractivity contribution in [3.05, 3.63) is 70.7 Å². The van der Waals surface area contributed by atoms with E-state index in [4.69, 9.17) is 16.4 Å². The smallest absolute Gasteiger partial charge is 0.327 e. The van der Waals surface area contributed by atoms with E-state index in [0.29, 0.717) is 11.4 Å². The van der Waals surface area contributed by atoms with Crippen molar-refractivity contribution in [1.82, 2.24) is 4.90 Å². The van der Waals surface area contributed by atoms with Crippen molar-refractivity contribution in [2.75, 3.05) is 0 Å². The number of hydrogen-bond acceptors (Lipinski definition) is 5. The molecular formula is C25H21ClN2O5. The van der Waals surface area contributed by atoms with Gasteiger partial charge < -0.3 is 9.94 Å². The molecule has 4 aliphatic rings. The monoisotopic (exact) mass is 464 g/mol. The maximum atomic E-state index is 13.5. The van der Waals surface area contributed by atoms with Crippen LogP contribution in [-0.2, 0) is 25.6 Å². The number of benzene rings is 2. The molecule has 7 atom stereocenters. The van der Waals surface area contributed by atoms with Gasteiger partial charge in [-0.05, 0) is 35.6 Å². The van der Waals surface area contributed by atoms with Gasteiger partial charge in [0, 0.05) is 23.3 Å². The van der Waals surface area contributed by atoms with E-state index in [1.807, 2.05) is 30.3 Å². The summed E-state index contributed by atoms with van der Waals surface area (Å²) in [5.74, 6) is -3.34. The zero-order valence-electron chi connectivity index (χ0n) is 17.5. The molecule has 3 fully saturated rings. The Balaban J connectivity index is 1.30. The predicted octanol–water partition coefficient (Wildman–Crippen LogP) is 3.01. The number of halogens is 1. The van der Waals surface area contributed by atoms with Crippen LogP contribution in [0, 0.1) is 29.6 Å². The Labute approximate surface area is 195 Å². The summed E-state index contributed by atoms with van der Waals surface area (Å²) >= 11 is 6.02. The molecule has 7 nitrogen and oxygen atoms in total. The van der Waals surface area contributed by atoms with E-state index >= 15 is 0 Å². The van der Waals surface area contributed by atoms with Crippen molar-refractivity contribution in [3.8, 4) is 0 Å². The molecule has 2 aliphatic heterocycles. The Morgan fingerprint density at radius 1 is 1.03 bits per heavy atom. The normalized spacial score (nSPS) is 32.4. The minimum atomic E-state index is -1.22. The second-order valence-electron chi connectivity index (χ2n) is 9.28. The third-order valence-corrected chi connectivity index (χ3v) is 7.99. The van der Waals surface area contributed by atoms with Gasteiger partial charge in [0.05, 0.1) is 17.5 Å². The number of imide groups is 1. The van der Waals surface area contributed by atoms with Crippen LogP contribution >= 0.6 is 11.6 Å². The number of carbonyl (C=O) groups excluding carboxylic acids is 2. The van der Waals surface area contributed by atoms with Crippen LogP contribution in [0.4, 0.5) is 0 Å². The SMILES string of the molecule is O=C(O)C(Cc1ccccc1)N1C(=O)[C@@H]2[C@H]3C[C@H]([C@H]4ON=C(c5ccc(Cl)cc5)[C@@H]34)[C@@H]2C1=O. The first-order valence-electron chi connectivity index (χ1n) is 11.1. The summed E-state index contributed by atoms with van der Waals surface area (Å²) in [5, 5.41) is 14.9. The fraction of sp³-hybridized carbons (Fsp3) is 0.360. The number of likely N-dealkylation sites (tertiary alicyclic amines) is 1. The molecule has 1 saturated heterocycles. The van der Waals surface area contributed by atoms with Crippen molar-refractivity contribution in [2.24, 2.45) is 34.7 Å². The zero-order chi connectivity index (χ0) is 22.9. The summed E-state index contributed by atoms with van der Waals surface area (Å²) in [6.07, 6.45) is 0.526. The van der Waals surface area contributed by atoms with Crippen LogP contribution in [0.15, 0.2) is 59.8 Å². The van der Waals surface area contributed by atoms with E-state index in [2.05, 4.69) is 5.16 Å². The zero-order valence-corrected chi connectivity index (χ0v) is 18.3. The number of carboxylic acids is 1. The van der Waals surface area contributed by atoms with E-state index in [0.717, 1.165) is 21.7 Å². The van der Waals surface area contributed by atoms with E-state index < -0.39 is 23.8 Å². The highest BCUT2D eigenvalue weighted by Gasteiger charge is 2.71. The van der Waals surface area contributed by atoms with Gasteiger partial charge in [0.15, 0.2) is 0 Å². The maximum Gasteiger partial charge on any atom is 0.327 e. The minimum Gasteiger partial charge on any atom is -0.480 e. The number of carbonyl (C=O) groups is 3. The van der Waals surface area contributed by atoms with Crippen LogP contribution in [0.1, 0.15) is 17.5 Å². The van der Waals surface area contributed by atoms with Gasteiger partial charge in [0.25, 0.3) is 0 Å². The Morgan fingerprint density at radius 2 is 1.70 bits per heavy atom. The highest BCUT2D eigenvalue weighted by atomic mass is 35.5. The van der Waals surface area contributed by atoms with Crippen molar-refractivity contribution in [2.45, 2.75) is 25.0 Å². The molecule has 2 amide bonds. The van der Waals surface area contributed by atoms with Gasteiger partial charge in [0.2, 0.25) is 11.8 Å². The number of amides is 2. The molecule has 2 bridgehead atoms. The van der Waals surface area contributed by atoms with E-state index in [1.54, 1.807) is 24.3 Å². The maximum absolute atomic E-state index is 13.5. The van der Waals surface area contributed by atoms with Gasteiger partial charge in [-0.1, -0.05) is 59.2 Å². The predicted molar refractivity (Wildman–Crippen MR) is 118 cm³/mol. The average Bonchev–Trinajstić information content (AvgIpc) is 3.54. The van der Waals surface area contributed by atoms with Crippen LogP contribution in [0.25, 0.3) is 0 Å². The van der Waals surface area contributed by atoms with E-state index in [1.165, 1.54) is 0 Å². The minimum absolute atomic E-state index is 0.0866. The molecule has 1 unspecified atom stereocenters. The second kappa shape index (κ2) is 7.42. The summed E-state index contributed by atoms with van der Waals surface area (Å²) in [7, 11) is 0. The largest absolute Gasteiger partial charge is 0.480 e. The molecule has 2 saturated carbocycles. The fourth-order valence-corrected chi connectivity index (χ4v) is 6.57. The molecule has 168 valence electrons. The van der Waals surface area contributed by atoms with Gasteiger partial charge in [-0.15, -0.1) is 0 Å². The molecule has 0 aromatic heterocycles. The molecule has 8 heteroatoms. The van der Waals surface area contributed by atoms with Crippen LogP contribution in [0.3, 0.4) is 0 Å². The van der Waals surface area contributed by atoms with Crippen LogP contribution in [0.5, 0.6) is 0 Å². The number of oxime groups is 1. The van der Waals surface area contributed by atoms with Crippen molar-refractivity contribution < 1.29 is 24.3 Å². The van der Waals surface area contributed by atoms with Crippen LogP contribution in [-0.4, -0.2) is 45.6 Å². The highest BCUT2D eigenvalue weighted by Crippen LogP contribution is 2.61. The van der Waals surface area contributed by atoms with E-state index in [-0.39, 0.29) is 42.1 Å². The van der Waals surface area contributed by atoms with Gasteiger partial charge in [-0.3, -0.25) is 14.5 Å². The lowest BCUT2D eigenvalue weighted by atomic mass is 9.71. The molecule has 0 radical (unpaired) electrons.